The van der Waals surface area contributed by atoms with Crippen molar-refractivity contribution < 1.29 is 19.4 Å². The second-order valence-corrected chi connectivity index (χ2v) is 8.92. The number of rotatable bonds is 8. The van der Waals surface area contributed by atoms with Gasteiger partial charge in [-0.1, -0.05) is 6.07 Å². The SMILES string of the molecule is O=C(O)C[C@H](c1cnc2c(c1)NCCO2)N1CCN(CCCc2ccc3c(n2)NCCC3)C1=O. The van der Waals surface area contributed by atoms with Crippen LogP contribution in [0.1, 0.15) is 42.1 Å². The van der Waals surface area contributed by atoms with E-state index in [1.54, 1.807) is 16.0 Å². The lowest BCUT2D eigenvalue weighted by atomic mass is 10.0. The molecule has 1 saturated heterocycles. The van der Waals surface area contributed by atoms with E-state index in [9.17, 15) is 14.7 Å². The van der Waals surface area contributed by atoms with Crippen LogP contribution in [-0.4, -0.2) is 76.2 Å². The summed E-state index contributed by atoms with van der Waals surface area (Å²) in [7, 11) is 0. The second kappa shape index (κ2) is 9.74. The van der Waals surface area contributed by atoms with E-state index in [4.69, 9.17) is 9.72 Å². The first-order valence-electron chi connectivity index (χ1n) is 11.9. The van der Waals surface area contributed by atoms with E-state index >= 15 is 0 Å². The van der Waals surface area contributed by atoms with Gasteiger partial charge in [-0.25, -0.2) is 14.8 Å². The molecule has 0 unspecified atom stereocenters. The summed E-state index contributed by atoms with van der Waals surface area (Å²) < 4.78 is 5.53. The highest BCUT2D eigenvalue weighted by Gasteiger charge is 2.36. The normalized spacial score (nSPS) is 17.8. The van der Waals surface area contributed by atoms with E-state index in [2.05, 4.69) is 27.8 Å². The van der Waals surface area contributed by atoms with Crippen LogP contribution in [-0.2, 0) is 17.6 Å². The molecule has 0 aliphatic carbocycles. The predicted octanol–water partition coefficient (Wildman–Crippen LogP) is 2.53. The van der Waals surface area contributed by atoms with Crippen LogP contribution >= 0.6 is 0 Å². The summed E-state index contributed by atoms with van der Waals surface area (Å²) in [6, 6.07) is 5.36. The molecule has 1 atom stereocenters. The predicted molar refractivity (Wildman–Crippen MR) is 126 cm³/mol. The minimum absolute atomic E-state index is 0.131. The van der Waals surface area contributed by atoms with Crippen LogP contribution in [0.5, 0.6) is 5.88 Å². The molecule has 34 heavy (non-hydrogen) atoms. The molecule has 0 aromatic carbocycles. The lowest BCUT2D eigenvalue weighted by molar-refractivity contribution is -0.138. The molecule has 5 heterocycles. The fraction of sp³-hybridized carbons (Fsp3) is 0.500. The Morgan fingerprint density at radius 3 is 3.03 bits per heavy atom. The van der Waals surface area contributed by atoms with Gasteiger partial charge >= 0.3 is 12.0 Å². The number of fused-ring (bicyclic) bond motifs is 2. The number of nitrogens with one attached hydrogen (secondary N) is 2. The molecule has 10 heteroatoms. The molecule has 10 nitrogen and oxygen atoms in total. The maximum atomic E-state index is 13.2. The van der Waals surface area contributed by atoms with Gasteiger partial charge in [0.25, 0.3) is 0 Å². The van der Waals surface area contributed by atoms with E-state index in [0.717, 1.165) is 49.4 Å². The third-order valence-corrected chi connectivity index (χ3v) is 6.60. The Labute approximate surface area is 198 Å². The lowest BCUT2D eigenvalue weighted by Gasteiger charge is -2.28. The monoisotopic (exact) mass is 466 g/mol. The third-order valence-electron chi connectivity index (χ3n) is 6.60. The molecule has 3 aliphatic heterocycles. The fourth-order valence-electron chi connectivity index (χ4n) is 4.86. The van der Waals surface area contributed by atoms with Crippen LogP contribution in [0, 0.1) is 0 Å². The van der Waals surface area contributed by atoms with E-state index in [1.807, 2.05) is 6.07 Å². The largest absolute Gasteiger partial charge is 0.481 e. The van der Waals surface area contributed by atoms with Gasteiger partial charge in [-0.2, -0.15) is 0 Å². The van der Waals surface area contributed by atoms with Gasteiger partial charge in [-0.3, -0.25) is 4.79 Å². The van der Waals surface area contributed by atoms with E-state index in [-0.39, 0.29) is 12.5 Å². The van der Waals surface area contributed by atoms with Crippen molar-refractivity contribution in [2.75, 3.05) is 50.0 Å². The van der Waals surface area contributed by atoms with Gasteiger partial charge in [0.1, 0.15) is 12.4 Å². The Balaban J connectivity index is 1.22. The van der Waals surface area contributed by atoms with Gasteiger partial charge < -0.3 is 30.3 Å². The minimum atomic E-state index is -0.953. The van der Waals surface area contributed by atoms with Crippen LogP contribution in [0.2, 0.25) is 0 Å². The number of carbonyl (C=O) groups excluding carboxylic acids is 1. The Hall–Kier alpha value is -3.56. The molecule has 3 N–H and O–H groups in total. The molecule has 1 fully saturated rings. The molecule has 2 amide bonds. The molecule has 0 saturated carbocycles. The van der Waals surface area contributed by atoms with Crippen molar-refractivity contribution >= 4 is 23.5 Å². The number of hydrogen-bond donors (Lipinski definition) is 3. The maximum absolute atomic E-state index is 13.2. The van der Waals surface area contributed by atoms with E-state index < -0.39 is 12.0 Å². The molecule has 180 valence electrons. The molecule has 2 aromatic rings. The zero-order valence-corrected chi connectivity index (χ0v) is 19.1. The molecular formula is C24H30N6O4. The number of carboxylic acids is 1. The number of anilines is 2. The third kappa shape index (κ3) is 4.71. The number of carboxylic acid groups (broad SMARTS) is 1. The van der Waals surface area contributed by atoms with Crippen molar-refractivity contribution in [2.45, 2.75) is 38.1 Å². The Kier molecular flexibility index (Phi) is 6.37. The summed E-state index contributed by atoms with van der Waals surface area (Å²) in [6.07, 6.45) is 5.23. The first kappa shape index (κ1) is 22.2. The minimum Gasteiger partial charge on any atom is -0.481 e. The number of hydrogen-bond acceptors (Lipinski definition) is 7. The van der Waals surface area contributed by atoms with Gasteiger partial charge in [0.05, 0.1) is 18.2 Å². The van der Waals surface area contributed by atoms with Gasteiger partial charge in [0, 0.05) is 44.6 Å². The summed E-state index contributed by atoms with van der Waals surface area (Å²) in [5.41, 5.74) is 3.72. The van der Waals surface area contributed by atoms with Crippen LogP contribution in [0.4, 0.5) is 16.3 Å². The summed E-state index contributed by atoms with van der Waals surface area (Å²) >= 11 is 0. The first-order valence-corrected chi connectivity index (χ1v) is 11.9. The highest BCUT2D eigenvalue weighted by Crippen LogP contribution is 2.33. The van der Waals surface area contributed by atoms with Gasteiger partial charge in [-0.15, -0.1) is 0 Å². The molecule has 0 spiro atoms. The van der Waals surface area contributed by atoms with Crippen LogP contribution in [0.3, 0.4) is 0 Å². The number of amides is 2. The molecule has 5 rings (SSSR count). The lowest BCUT2D eigenvalue weighted by Crippen LogP contribution is -2.36. The number of ether oxygens (including phenoxy) is 1. The first-order chi connectivity index (χ1) is 16.6. The van der Waals surface area contributed by atoms with Crippen LogP contribution in [0.15, 0.2) is 24.4 Å². The van der Waals surface area contributed by atoms with E-state index in [0.29, 0.717) is 44.2 Å². The average Bonchev–Trinajstić information content (AvgIpc) is 3.22. The van der Waals surface area contributed by atoms with Crippen LogP contribution < -0.4 is 15.4 Å². The van der Waals surface area contributed by atoms with Crippen molar-refractivity contribution in [3.8, 4) is 5.88 Å². The Morgan fingerprint density at radius 2 is 2.15 bits per heavy atom. The van der Waals surface area contributed by atoms with Crippen LogP contribution in [0.25, 0.3) is 0 Å². The highest BCUT2D eigenvalue weighted by molar-refractivity contribution is 5.78. The van der Waals surface area contributed by atoms with Gasteiger partial charge in [0.15, 0.2) is 0 Å². The fourth-order valence-corrected chi connectivity index (χ4v) is 4.86. The average molecular weight is 467 g/mol. The number of aromatic nitrogens is 2. The molecule has 3 aliphatic rings. The smallest absolute Gasteiger partial charge is 0.320 e. The van der Waals surface area contributed by atoms with Crippen molar-refractivity contribution in [1.82, 2.24) is 19.8 Å². The summed E-state index contributed by atoms with van der Waals surface area (Å²) in [4.78, 5) is 37.3. The molecule has 0 radical (unpaired) electrons. The van der Waals surface area contributed by atoms with Crippen molar-refractivity contribution in [2.24, 2.45) is 0 Å². The number of pyridine rings is 2. The maximum Gasteiger partial charge on any atom is 0.320 e. The molecular weight excluding hydrogens is 436 g/mol. The Bertz CT molecular complexity index is 1080. The van der Waals surface area contributed by atoms with Crippen molar-refractivity contribution in [1.29, 1.82) is 0 Å². The topological polar surface area (TPSA) is 120 Å². The van der Waals surface area contributed by atoms with Crippen molar-refractivity contribution in [3.63, 3.8) is 0 Å². The molecule has 2 aromatic heterocycles. The number of nitrogens with zero attached hydrogens (tertiary/aromatic N) is 4. The van der Waals surface area contributed by atoms with Gasteiger partial charge in [-0.05, 0) is 48.9 Å². The summed E-state index contributed by atoms with van der Waals surface area (Å²) in [5, 5.41) is 16.1. The summed E-state index contributed by atoms with van der Waals surface area (Å²) in [6.45, 7) is 3.83. The summed E-state index contributed by atoms with van der Waals surface area (Å²) in [5.74, 6) is 0.539. The quantitative estimate of drug-likeness (QED) is 0.543. The number of aliphatic carboxylic acids is 1. The zero-order valence-electron chi connectivity index (χ0n) is 19.1. The Morgan fingerprint density at radius 1 is 1.24 bits per heavy atom. The zero-order chi connectivity index (χ0) is 23.5. The van der Waals surface area contributed by atoms with E-state index in [1.165, 1.54) is 5.56 Å². The highest BCUT2D eigenvalue weighted by atomic mass is 16.5. The number of urea groups is 1. The van der Waals surface area contributed by atoms with Gasteiger partial charge in [0.2, 0.25) is 5.88 Å². The standard InChI is InChI=1S/C24H30N6O4/c31-21(32)14-20(17-13-19-23(27-15-17)34-12-8-25-19)30-11-10-29(24(30)33)9-2-4-18-6-5-16-3-1-7-26-22(16)28-18/h5-6,13,15,20,25H,1-4,7-12,14H2,(H,26,28)(H,31,32)/t20-/m1/s1. The second-order valence-electron chi connectivity index (χ2n) is 8.92. The van der Waals surface area contributed by atoms with Crippen molar-refractivity contribution in [3.05, 3.63) is 41.2 Å². The number of aryl methyl sites for hydroxylation is 2. The molecule has 0 bridgehead atoms. The number of carbonyl (C=O) groups is 2.